The lowest BCUT2D eigenvalue weighted by atomic mass is 10.1. The monoisotopic (exact) mass is 354 g/mol. The van der Waals surface area contributed by atoms with Crippen LogP contribution in [0.5, 0.6) is 0 Å². The molecule has 3 heterocycles. The molecular weight excluding hydrogens is 327 g/mol. The van der Waals surface area contributed by atoms with E-state index in [-0.39, 0.29) is 5.82 Å². The van der Waals surface area contributed by atoms with Crippen molar-refractivity contribution in [1.29, 1.82) is 0 Å². The van der Waals surface area contributed by atoms with Crippen molar-refractivity contribution in [3.8, 4) is 0 Å². The van der Waals surface area contributed by atoms with Gasteiger partial charge in [0.15, 0.2) is 0 Å². The summed E-state index contributed by atoms with van der Waals surface area (Å²) in [6.45, 7) is 5.50. The molecule has 0 amide bonds. The second-order valence-corrected chi connectivity index (χ2v) is 7.25. The van der Waals surface area contributed by atoms with E-state index in [1.54, 1.807) is 6.07 Å². The fourth-order valence-electron chi connectivity index (χ4n) is 3.96. The Morgan fingerprint density at radius 3 is 2.31 bits per heavy atom. The first-order valence-corrected chi connectivity index (χ1v) is 9.74. The van der Waals surface area contributed by atoms with Crippen LogP contribution >= 0.6 is 0 Å². The lowest BCUT2D eigenvalue weighted by Gasteiger charge is -2.22. The fourth-order valence-corrected chi connectivity index (χ4v) is 3.96. The summed E-state index contributed by atoms with van der Waals surface area (Å²) in [4.78, 5) is 9.22. The minimum Gasteiger partial charge on any atom is -0.371 e. The molecule has 2 aliphatic heterocycles. The maximum absolute atomic E-state index is 14.4. The summed E-state index contributed by atoms with van der Waals surface area (Å²) in [7, 11) is 0. The molecular formula is C21H27FN4. The van der Waals surface area contributed by atoms with Crippen LogP contribution in [-0.4, -0.2) is 31.2 Å². The van der Waals surface area contributed by atoms with Gasteiger partial charge in [-0.3, -0.25) is 0 Å². The smallest absolute Gasteiger partial charge is 0.129 e. The zero-order chi connectivity index (χ0) is 17.8. The number of halogens is 1. The van der Waals surface area contributed by atoms with E-state index < -0.39 is 0 Å². The normalized spacial score (nSPS) is 17.3. The molecule has 0 atom stereocenters. The second-order valence-electron chi connectivity index (χ2n) is 7.25. The zero-order valence-electron chi connectivity index (χ0n) is 15.3. The number of rotatable bonds is 6. The number of hydrogen-bond acceptors (Lipinski definition) is 4. The lowest BCUT2D eigenvalue weighted by Crippen LogP contribution is -2.22. The molecule has 138 valence electrons. The Hall–Kier alpha value is -2.14. The van der Waals surface area contributed by atoms with Crippen LogP contribution < -0.4 is 15.1 Å². The van der Waals surface area contributed by atoms with Gasteiger partial charge in [0.25, 0.3) is 0 Å². The summed E-state index contributed by atoms with van der Waals surface area (Å²) in [5.41, 5.74) is 2.94. The van der Waals surface area contributed by atoms with Gasteiger partial charge in [0.05, 0.1) is 0 Å². The molecule has 0 radical (unpaired) electrons. The van der Waals surface area contributed by atoms with Gasteiger partial charge in [0, 0.05) is 56.7 Å². The van der Waals surface area contributed by atoms with Crippen molar-refractivity contribution < 1.29 is 4.39 Å². The van der Waals surface area contributed by atoms with Crippen LogP contribution in [0.2, 0.25) is 0 Å². The average molecular weight is 354 g/mol. The molecule has 1 aromatic heterocycles. The highest BCUT2D eigenvalue weighted by Gasteiger charge is 2.18. The Labute approximate surface area is 155 Å². The van der Waals surface area contributed by atoms with E-state index in [0.29, 0.717) is 13.1 Å². The van der Waals surface area contributed by atoms with Gasteiger partial charge in [-0.2, -0.15) is 0 Å². The summed E-state index contributed by atoms with van der Waals surface area (Å²) < 4.78 is 14.4. The second kappa shape index (κ2) is 8.04. The quantitative estimate of drug-likeness (QED) is 0.857. The Morgan fingerprint density at radius 2 is 1.62 bits per heavy atom. The van der Waals surface area contributed by atoms with E-state index in [4.69, 9.17) is 0 Å². The molecule has 4 rings (SSSR count). The number of aromatic nitrogens is 1. The van der Waals surface area contributed by atoms with Crippen LogP contribution in [0.3, 0.4) is 0 Å². The number of hydrogen-bond donors (Lipinski definition) is 1. The van der Waals surface area contributed by atoms with Crippen molar-refractivity contribution in [3.63, 3.8) is 0 Å². The van der Waals surface area contributed by atoms with Gasteiger partial charge in [-0.25, -0.2) is 9.37 Å². The van der Waals surface area contributed by atoms with E-state index in [0.717, 1.165) is 48.8 Å². The highest BCUT2D eigenvalue weighted by atomic mass is 19.1. The van der Waals surface area contributed by atoms with Gasteiger partial charge in [0.1, 0.15) is 11.6 Å². The number of nitrogens with zero attached hydrogens (tertiary/aromatic N) is 3. The summed E-state index contributed by atoms with van der Waals surface area (Å²) in [6.07, 6.45) is 6.83. The molecule has 2 saturated heterocycles. The van der Waals surface area contributed by atoms with Crippen molar-refractivity contribution in [1.82, 2.24) is 10.3 Å². The van der Waals surface area contributed by atoms with Crippen LogP contribution in [0, 0.1) is 5.82 Å². The molecule has 0 aliphatic carbocycles. The maximum Gasteiger partial charge on any atom is 0.129 e. The van der Waals surface area contributed by atoms with Gasteiger partial charge in [-0.15, -0.1) is 0 Å². The first-order valence-electron chi connectivity index (χ1n) is 9.74. The minimum absolute atomic E-state index is 0.121. The Morgan fingerprint density at radius 1 is 0.885 bits per heavy atom. The zero-order valence-corrected chi connectivity index (χ0v) is 15.3. The van der Waals surface area contributed by atoms with Gasteiger partial charge < -0.3 is 15.1 Å². The Bertz CT molecular complexity index is 719. The minimum atomic E-state index is -0.121. The SMILES string of the molecule is Fc1cccc(N2CCCC2)c1CNCc1ccc(N2CCCC2)nc1. The Balaban J connectivity index is 1.37. The van der Waals surface area contributed by atoms with Crippen molar-refractivity contribution in [2.75, 3.05) is 36.0 Å². The Kier molecular flexibility index (Phi) is 5.34. The topological polar surface area (TPSA) is 31.4 Å². The third-order valence-electron chi connectivity index (χ3n) is 5.41. The molecule has 26 heavy (non-hydrogen) atoms. The van der Waals surface area contributed by atoms with Gasteiger partial charge in [-0.05, 0) is 49.4 Å². The standard InChI is InChI=1S/C21H27FN4/c22-19-6-5-7-20(25-10-1-2-11-25)18(19)16-23-14-17-8-9-21(24-15-17)26-12-3-4-13-26/h5-9,15,23H,1-4,10-14,16H2. The largest absolute Gasteiger partial charge is 0.371 e. The lowest BCUT2D eigenvalue weighted by molar-refractivity contribution is 0.586. The average Bonchev–Trinajstić information content (AvgIpc) is 3.38. The molecule has 0 saturated carbocycles. The van der Waals surface area contributed by atoms with Crippen molar-refractivity contribution in [3.05, 3.63) is 53.5 Å². The summed E-state index contributed by atoms with van der Waals surface area (Å²) in [6, 6.07) is 9.63. The van der Waals surface area contributed by atoms with Crippen LogP contribution in [0.1, 0.15) is 36.8 Å². The molecule has 2 aliphatic rings. The third kappa shape index (κ3) is 3.83. The predicted molar refractivity (Wildman–Crippen MR) is 104 cm³/mol. The van der Waals surface area contributed by atoms with Gasteiger partial charge in [0.2, 0.25) is 0 Å². The number of benzene rings is 1. The van der Waals surface area contributed by atoms with Gasteiger partial charge >= 0.3 is 0 Å². The van der Waals surface area contributed by atoms with Crippen molar-refractivity contribution in [2.24, 2.45) is 0 Å². The molecule has 2 fully saturated rings. The van der Waals surface area contributed by atoms with Gasteiger partial charge in [-0.1, -0.05) is 12.1 Å². The molecule has 0 spiro atoms. The highest BCUT2D eigenvalue weighted by Crippen LogP contribution is 2.26. The summed E-state index contributed by atoms with van der Waals surface area (Å²) in [5, 5.41) is 3.39. The molecule has 0 bridgehead atoms. The molecule has 2 aromatic rings. The molecule has 1 aromatic carbocycles. The third-order valence-corrected chi connectivity index (χ3v) is 5.41. The van der Waals surface area contributed by atoms with E-state index in [1.807, 2.05) is 18.3 Å². The van der Waals surface area contributed by atoms with Crippen LogP contribution in [0.4, 0.5) is 15.9 Å². The van der Waals surface area contributed by atoms with E-state index in [1.165, 1.54) is 25.7 Å². The number of anilines is 2. The van der Waals surface area contributed by atoms with Crippen LogP contribution in [0.25, 0.3) is 0 Å². The summed E-state index contributed by atoms with van der Waals surface area (Å²) >= 11 is 0. The van der Waals surface area contributed by atoms with E-state index in [9.17, 15) is 4.39 Å². The van der Waals surface area contributed by atoms with Crippen LogP contribution in [-0.2, 0) is 13.1 Å². The highest BCUT2D eigenvalue weighted by molar-refractivity contribution is 5.54. The van der Waals surface area contributed by atoms with Crippen molar-refractivity contribution in [2.45, 2.75) is 38.8 Å². The maximum atomic E-state index is 14.4. The summed E-state index contributed by atoms with van der Waals surface area (Å²) in [5.74, 6) is 0.945. The van der Waals surface area contributed by atoms with E-state index in [2.05, 4.69) is 32.2 Å². The molecule has 0 unspecified atom stereocenters. The van der Waals surface area contributed by atoms with Crippen molar-refractivity contribution >= 4 is 11.5 Å². The van der Waals surface area contributed by atoms with E-state index >= 15 is 0 Å². The molecule has 4 nitrogen and oxygen atoms in total. The number of nitrogens with one attached hydrogen (secondary N) is 1. The molecule has 5 heteroatoms. The first kappa shape index (κ1) is 17.3. The molecule has 1 N–H and O–H groups in total. The predicted octanol–water partition coefficient (Wildman–Crippen LogP) is 3.71. The fraction of sp³-hybridized carbons (Fsp3) is 0.476. The number of pyridine rings is 1. The van der Waals surface area contributed by atoms with Crippen LogP contribution in [0.15, 0.2) is 36.5 Å². The first-order chi connectivity index (χ1) is 12.8.